The number of hydrogen-bond donors (Lipinski definition) is 2. The molecule has 0 radical (unpaired) electrons. The van der Waals surface area contributed by atoms with Crippen LogP contribution in [0.25, 0.3) is 0 Å². The van der Waals surface area contributed by atoms with E-state index in [0.29, 0.717) is 0 Å². The number of hydrogen-bond acceptors (Lipinski definition) is 5. The fraction of sp³-hybridized carbons (Fsp3) is 0.118. The van der Waals surface area contributed by atoms with Gasteiger partial charge in [-0.15, -0.1) is 0 Å². The van der Waals surface area contributed by atoms with E-state index >= 15 is 0 Å². The van der Waals surface area contributed by atoms with E-state index in [1.807, 2.05) is 60.7 Å². The molecule has 24 heavy (non-hydrogen) atoms. The number of nitrogens with one attached hydrogen (secondary N) is 2. The van der Waals surface area contributed by atoms with Crippen LogP contribution in [0.2, 0.25) is 0 Å². The van der Waals surface area contributed by atoms with Gasteiger partial charge in [0.05, 0.1) is 18.3 Å². The molecule has 0 aliphatic carbocycles. The number of rotatable bonds is 3. The third-order valence-electron chi connectivity index (χ3n) is 3.71. The van der Waals surface area contributed by atoms with Crippen LogP contribution in [0.4, 0.5) is 17.3 Å². The molecule has 7 heteroatoms. The molecule has 0 spiro atoms. The van der Waals surface area contributed by atoms with Gasteiger partial charge in [0.15, 0.2) is 0 Å². The van der Waals surface area contributed by atoms with Crippen LogP contribution in [-0.4, -0.2) is 20.0 Å². The first-order valence-electron chi connectivity index (χ1n) is 7.58. The van der Waals surface area contributed by atoms with Crippen molar-refractivity contribution in [2.24, 2.45) is 4.99 Å². The first-order valence-corrected chi connectivity index (χ1v) is 8.76. The zero-order chi connectivity index (χ0) is 16.4. The Hall–Kier alpha value is -2.51. The molecule has 5 nitrogen and oxygen atoms in total. The molecule has 120 valence electrons. The SMILES string of the molecule is S=C(Nc1ccccc1)C1Cn2c(nsc2=Nc2ccccc2)N1. The molecule has 2 N–H and O–H groups in total. The molecule has 1 aliphatic heterocycles. The summed E-state index contributed by atoms with van der Waals surface area (Å²) in [7, 11) is 0. The quantitative estimate of drug-likeness (QED) is 0.709. The predicted octanol–water partition coefficient (Wildman–Crippen LogP) is 3.41. The Morgan fingerprint density at radius 3 is 2.62 bits per heavy atom. The Morgan fingerprint density at radius 1 is 1.17 bits per heavy atom. The second-order valence-electron chi connectivity index (χ2n) is 5.40. The van der Waals surface area contributed by atoms with Crippen LogP contribution in [0.5, 0.6) is 0 Å². The summed E-state index contributed by atoms with van der Waals surface area (Å²) in [4.78, 5) is 6.29. The zero-order valence-corrected chi connectivity index (χ0v) is 14.3. The van der Waals surface area contributed by atoms with Gasteiger partial charge in [-0.05, 0) is 24.3 Å². The van der Waals surface area contributed by atoms with Crippen LogP contribution in [-0.2, 0) is 6.54 Å². The fourth-order valence-corrected chi connectivity index (χ4v) is 3.50. The summed E-state index contributed by atoms with van der Waals surface area (Å²) in [5.41, 5.74) is 1.91. The van der Waals surface area contributed by atoms with Crippen molar-refractivity contribution in [1.29, 1.82) is 0 Å². The highest BCUT2D eigenvalue weighted by molar-refractivity contribution is 7.80. The average molecular weight is 353 g/mol. The molecule has 0 amide bonds. The largest absolute Gasteiger partial charge is 0.348 e. The third kappa shape index (κ3) is 3.08. The van der Waals surface area contributed by atoms with Gasteiger partial charge in [-0.25, -0.2) is 4.99 Å². The topological polar surface area (TPSA) is 54.2 Å². The van der Waals surface area contributed by atoms with E-state index in [1.165, 1.54) is 11.5 Å². The minimum atomic E-state index is 0.0147. The minimum Gasteiger partial charge on any atom is -0.348 e. The normalized spacial score (nSPS) is 16.5. The molecule has 3 aromatic rings. The summed E-state index contributed by atoms with van der Waals surface area (Å²) in [5, 5.41) is 6.64. The zero-order valence-electron chi connectivity index (χ0n) is 12.7. The van der Waals surface area contributed by atoms with Crippen LogP contribution in [0, 0.1) is 0 Å². The van der Waals surface area contributed by atoms with Gasteiger partial charge in [0, 0.05) is 17.2 Å². The van der Waals surface area contributed by atoms with E-state index in [-0.39, 0.29) is 6.04 Å². The molecule has 1 aliphatic rings. The van der Waals surface area contributed by atoms with Crippen LogP contribution < -0.4 is 15.4 Å². The van der Waals surface area contributed by atoms with Gasteiger partial charge in [0.1, 0.15) is 4.99 Å². The summed E-state index contributed by atoms with van der Waals surface area (Å²) < 4.78 is 6.52. The van der Waals surface area contributed by atoms with Gasteiger partial charge in [-0.3, -0.25) is 4.57 Å². The second-order valence-corrected chi connectivity index (χ2v) is 6.57. The van der Waals surface area contributed by atoms with Gasteiger partial charge in [0.25, 0.3) is 0 Å². The number of thiocarbonyl (C=S) groups is 1. The molecular formula is C17H15N5S2. The number of fused-ring (bicyclic) bond motifs is 1. The highest BCUT2D eigenvalue weighted by Gasteiger charge is 2.26. The molecule has 0 saturated heterocycles. The number of para-hydroxylation sites is 2. The van der Waals surface area contributed by atoms with Crippen molar-refractivity contribution in [2.45, 2.75) is 12.6 Å². The van der Waals surface area contributed by atoms with Crippen molar-refractivity contribution >= 4 is 46.1 Å². The van der Waals surface area contributed by atoms with Gasteiger partial charge in [-0.2, -0.15) is 4.37 Å². The number of anilines is 2. The second kappa shape index (κ2) is 6.54. The molecule has 1 aromatic heterocycles. The average Bonchev–Trinajstić information content (AvgIpc) is 3.19. The van der Waals surface area contributed by atoms with Gasteiger partial charge < -0.3 is 10.6 Å². The highest BCUT2D eigenvalue weighted by atomic mass is 32.1. The van der Waals surface area contributed by atoms with Crippen LogP contribution in [0.3, 0.4) is 0 Å². The van der Waals surface area contributed by atoms with E-state index in [1.54, 1.807) is 0 Å². The maximum absolute atomic E-state index is 5.54. The number of benzene rings is 2. The standard InChI is InChI=1S/C17H15N5S2/c23-15(18-12-7-3-1-4-8-12)14-11-22-16(20-14)21-24-17(22)19-13-9-5-2-6-10-13/h1-10,14H,11H2,(H,18,23)(H,20,21). The molecule has 0 bridgehead atoms. The molecule has 1 atom stereocenters. The Morgan fingerprint density at radius 2 is 1.88 bits per heavy atom. The summed E-state index contributed by atoms with van der Waals surface area (Å²) in [6, 6.07) is 19.9. The molecule has 0 fully saturated rings. The van der Waals surface area contributed by atoms with E-state index in [2.05, 4.69) is 24.6 Å². The molecule has 4 rings (SSSR count). The van der Waals surface area contributed by atoms with Gasteiger partial charge in [-0.1, -0.05) is 48.6 Å². The number of nitrogens with zero attached hydrogens (tertiary/aromatic N) is 3. The summed E-state index contributed by atoms with van der Waals surface area (Å²) in [5.74, 6) is 0.817. The first kappa shape index (κ1) is 15.0. The van der Waals surface area contributed by atoms with Crippen LogP contribution in [0.15, 0.2) is 65.7 Å². The highest BCUT2D eigenvalue weighted by Crippen LogP contribution is 2.18. The van der Waals surface area contributed by atoms with Crippen molar-refractivity contribution in [2.75, 3.05) is 10.6 Å². The van der Waals surface area contributed by atoms with Crippen LogP contribution in [0.1, 0.15) is 0 Å². The Balaban J connectivity index is 1.53. The van der Waals surface area contributed by atoms with Gasteiger partial charge in [0.2, 0.25) is 10.7 Å². The van der Waals surface area contributed by atoms with E-state index in [0.717, 1.165) is 33.7 Å². The van der Waals surface area contributed by atoms with Crippen molar-refractivity contribution in [3.8, 4) is 0 Å². The fourth-order valence-electron chi connectivity index (χ4n) is 2.52. The molecular weight excluding hydrogens is 338 g/mol. The molecule has 0 saturated carbocycles. The molecule has 1 unspecified atom stereocenters. The first-order chi connectivity index (χ1) is 11.8. The maximum atomic E-state index is 5.54. The lowest BCUT2D eigenvalue weighted by Crippen LogP contribution is -2.32. The lowest BCUT2D eigenvalue weighted by molar-refractivity contribution is 0.736. The summed E-state index contributed by atoms with van der Waals surface area (Å²) >= 11 is 6.92. The maximum Gasteiger partial charge on any atom is 0.217 e. The lowest BCUT2D eigenvalue weighted by atomic mass is 10.2. The van der Waals surface area contributed by atoms with E-state index < -0.39 is 0 Å². The van der Waals surface area contributed by atoms with Crippen LogP contribution >= 0.6 is 23.8 Å². The molecule has 2 aromatic carbocycles. The predicted molar refractivity (Wildman–Crippen MR) is 102 cm³/mol. The minimum absolute atomic E-state index is 0.0147. The Kier molecular flexibility index (Phi) is 4.10. The van der Waals surface area contributed by atoms with Crippen molar-refractivity contribution < 1.29 is 0 Å². The summed E-state index contributed by atoms with van der Waals surface area (Å²) in [6.07, 6.45) is 0. The van der Waals surface area contributed by atoms with E-state index in [9.17, 15) is 0 Å². The van der Waals surface area contributed by atoms with Crippen molar-refractivity contribution in [1.82, 2.24) is 8.94 Å². The molecule has 2 heterocycles. The number of aromatic nitrogens is 2. The Labute approximate surface area is 148 Å². The van der Waals surface area contributed by atoms with Crippen molar-refractivity contribution in [3.05, 3.63) is 65.5 Å². The smallest absolute Gasteiger partial charge is 0.217 e. The Bertz CT molecular complexity index is 915. The van der Waals surface area contributed by atoms with Crippen molar-refractivity contribution in [3.63, 3.8) is 0 Å². The van der Waals surface area contributed by atoms with E-state index in [4.69, 9.17) is 12.2 Å². The third-order valence-corrected chi connectivity index (χ3v) is 4.83. The lowest BCUT2D eigenvalue weighted by Gasteiger charge is -2.14. The van der Waals surface area contributed by atoms with Gasteiger partial charge >= 0.3 is 0 Å². The summed E-state index contributed by atoms with van der Waals surface area (Å²) in [6.45, 7) is 0.718. The monoisotopic (exact) mass is 353 g/mol.